The fourth-order valence-electron chi connectivity index (χ4n) is 6.39. The maximum atomic E-state index is 12.1. The zero-order valence-corrected chi connectivity index (χ0v) is 18.0. The van der Waals surface area contributed by atoms with Crippen LogP contribution in [0.1, 0.15) is 43.2 Å². The fourth-order valence-corrected chi connectivity index (χ4v) is 6.39. The summed E-state index contributed by atoms with van der Waals surface area (Å²) in [7, 11) is 0. The van der Waals surface area contributed by atoms with Crippen molar-refractivity contribution in [2.24, 2.45) is 5.92 Å². The van der Waals surface area contributed by atoms with E-state index in [9.17, 15) is 10.2 Å². The number of nitrogens with zero attached hydrogens (tertiary/aromatic N) is 1. The minimum Gasteiger partial charge on any atom is -0.504 e. The number of benzene rings is 1. The van der Waals surface area contributed by atoms with E-state index in [0.717, 1.165) is 55.8 Å². The number of aliphatic hydroxyl groups is 1. The lowest BCUT2D eigenvalue weighted by Gasteiger charge is -2.63. The Morgan fingerprint density at radius 1 is 1.30 bits per heavy atom. The van der Waals surface area contributed by atoms with Crippen LogP contribution in [0.15, 0.2) is 24.3 Å². The summed E-state index contributed by atoms with van der Waals surface area (Å²) in [5.41, 5.74) is 2.21. The number of phenols is 1. The monoisotopic (exact) mass is 481 g/mol. The molecule has 0 radical (unpaired) electrons. The molecule has 0 amide bonds. The van der Waals surface area contributed by atoms with Crippen molar-refractivity contribution in [2.45, 2.75) is 61.7 Å². The van der Waals surface area contributed by atoms with Gasteiger partial charge in [-0.25, -0.2) is 0 Å². The molecule has 2 N–H and O–H groups in total. The number of aromatic hydroxyl groups is 1. The van der Waals surface area contributed by atoms with Crippen LogP contribution in [0.25, 0.3) is 0 Å². The van der Waals surface area contributed by atoms with Crippen LogP contribution < -0.4 is 4.74 Å². The van der Waals surface area contributed by atoms with Crippen LogP contribution in [0, 0.1) is 5.92 Å². The summed E-state index contributed by atoms with van der Waals surface area (Å²) in [6.45, 7) is 6.40. The average molecular weight is 481 g/mol. The molecule has 4 nitrogen and oxygen atoms in total. The van der Waals surface area contributed by atoms with Crippen LogP contribution >= 0.6 is 22.6 Å². The van der Waals surface area contributed by atoms with Gasteiger partial charge in [-0.05, 0) is 73.1 Å². The van der Waals surface area contributed by atoms with Crippen molar-refractivity contribution in [1.82, 2.24) is 4.90 Å². The van der Waals surface area contributed by atoms with Gasteiger partial charge in [-0.2, -0.15) is 0 Å². The molecule has 1 aromatic rings. The zero-order chi connectivity index (χ0) is 19.0. The lowest BCUT2D eigenvalue weighted by molar-refractivity contribution is -0.174. The first-order valence-electron chi connectivity index (χ1n) is 10.1. The van der Waals surface area contributed by atoms with E-state index in [-0.39, 0.29) is 17.9 Å². The summed E-state index contributed by atoms with van der Waals surface area (Å²) >= 11 is 2.15. The van der Waals surface area contributed by atoms with Crippen LogP contribution in [0.3, 0.4) is 0 Å². The summed E-state index contributed by atoms with van der Waals surface area (Å²) in [5.74, 6) is 1.64. The molecule has 2 bridgehead atoms. The molecule has 0 aromatic heterocycles. The number of likely N-dealkylation sites (tertiary alicyclic amines) is 1. The first-order valence-corrected chi connectivity index (χ1v) is 12.2. The summed E-state index contributed by atoms with van der Waals surface area (Å²) in [6, 6.07) is 3.96. The van der Waals surface area contributed by atoms with E-state index in [0.29, 0.717) is 5.75 Å². The van der Waals surface area contributed by atoms with Gasteiger partial charge in [0.25, 0.3) is 0 Å². The molecule has 5 heteroatoms. The molecule has 2 heterocycles. The van der Waals surface area contributed by atoms with Gasteiger partial charge in [0.15, 0.2) is 11.5 Å². The maximum Gasteiger partial charge on any atom is 0.166 e. The molecular formula is C22H28INO3. The molecule has 1 spiro atoms. The van der Waals surface area contributed by atoms with Crippen molar-refractivity contribution >= 4 is 22.6 Å². The van der Waals surface area contributed by atoms with Gasteiger partial charge in [0.1, 0.15) is 6.10 Å². The Kier molecular flexibility index (Phi) is 4.12. The predicted octanol–water partition coefficient (Wildman–Crippen LogP) is 3.56. The van der Waals surface area contributed by atoms with Crippen molar-refractivity contribution in [1.29, 1.82) is 0 Å². The Labute approximate surface area is 174 Å². The van der Waals surface area contributed by atoms with Crippen LogP contribution in [0.2, 0.25) is 0 Å². The highest BCUT2D eigenvalue weighted by Gasteiger charge is 2.71. The summed E-state index contributed by atoms with van der Waals surface area (Å²) < 4.78 is 6.29. The molecule has 3 aliphatic carbocycles. The standard InChI is InChI=1S/C21H25NO3.CH3I/c1-12-6-7-21(24)16-10-14-4-5-15(23)18-17(14)20(21,19(12)25-18)8-9-22(16)11-13-2-3-13;1-2/h4-5,13,16,19,23-24H,1-3,6-11H2;1H3/t16?,19-,20+,21-;/m1./s1. The van der Waals surface area contributed by atoms with Crippen LogP contribution in [0.4, 0.5) is 0 Å². The van der Waals surface area contributed by atoms with Crippen molar-refractivity contribution < 1.29 is 14.9 Å². The summed E-state index contributed by atoms with van der Waals surface area (Å²) in [6.07, 6.45) is 5.79. The van der Waals surface area contributed by atoms with Crippen molar-refractivity contribution in [2.75, 3.05) is 18.0 Å². The Morgan fingerprint density at radius 2 is 2.07 bits per heavy atom. The van der Waals surface area contributed by atoms with Gasteiger partial charge >= 0.3 is 0 Å². The quantitative estimate of drug-likeness (QED) is 0.386. The lowest BCUT2D eigenvalue weighted by Crippen LogP contribution is -2.75. The second kappa shape index (κ2) is 6.10. The SMILES string of the molecule is C=C1CC[C@@]2(O)C3Cc4ccc(O)c5c4[C@@]2(CCN3CC2CC2)[C@@H]1O5.CI. The normalized spacial score (nSPS) is 38.6. The van der Waals surface area contributed by atoms with E-state index in [1.165, 1.54) is 18.4 Å². The Balaban J connectivity index is 0.000000777. The predicted molar refractivity (Wildman–Crippen MR) is 114 cm³/mol. The second-order valence-electron chi connectivity index (χ2n) is 8.91. The number of phenolic OH excluding ortho intramolecular Hbond substituents is 1. The van der Waals surface area contributed by atoms with E-state index >= 15 is 0 Å². The topological polar surface area (TPSA) is 52.9 Å². The van der Waals surface area contributed by atoms with Gasteiger partial charge in [-0.3, -0.25) is 4.90 Å². The van der Waals surface area contributed by atoms with Gasteiger partial charge in [-0.1, -0.05) is 35.2 Å². The highest BCUT2D eigenvalue weighted by molar-refractivity contribution is 14.1. The van der Waals surface area contributed by atoms with Gasteiger partial charge in [0.05, 0.1) is 11.0 Å². The fraction of sp³-hybridized carbons (Fsp3) is 0.636. The lowest BCUT2D eigenvalue weighted by atomic mass is 9.48. The molecular weight excluding hydrogens is 453 g/mol. The highest BCUT2D eigenvalue weighted by Crippen LogP contribution is 2.66. The van der Waals surface area contributed by atoms with E-state index in [1.807, 2.05) is 11.0 Å². The summed E-state index contributed by atoms with van der Waals surface area (Å²) in [4.78, 5) is 4.53. The molecule has 1 saturated heterocycles. The van der Waals surface area contributed by atoms with Crippen molar-refractivity contribution in [3.63, 3.8) is 0 Å². The molecule has 146 valence electrons. The number of piperidine rings is 1. The van der Waals surface area contributed by atoms with Crippen LogP contribution in [0.5, 0.6) is 11.5 Å². The van der Waals surface area contributed by atoms with Crippen LogP contribution in [-0.2, 0) is 11.8 Å². The van der Waals surface area contributed by atoms with Gasteiger partial charge < -0.3 is 14.9 Å². The number of ether oxygens (including phenoxy) is 1. The second-order valence-corrected chi connectivity index (χ2v) is 8.91. The first-order chi connectivity index (χ1) is 13.0. The average Bonchev–Trinajstić information content (AvgIpc) is 3.41. The number of hydrogen-bond donors (Lipinski definition) is 2. The van der Waals surface area contributed by atoms with Crippen molar-refractivity contribution in [3.8, 4) is 11.5 Å². The zero-order valence-electron chi connectivity index (χ0n) is 15.9. The summed E-state index contributed by atoms with van der Waals surface area (Å²) in [5, 5.41) is 22.5. The van der Waals surface area contributed by atoms with E-state index in [2.05, 4.69) is 34.1 Å². The molecule has 27 heavy (non-hydrogen) atoms. The van der Waals surface area contributed by atoms with Gasteiger partial charge in [0.2, 0.25) is 0 Å². The third-order valence-electron chi connectivity index (χ3n) is 7.71. The van der Waals surface area contributed by atoms with Crippen molar-refractivity contribution in [3.05, 3.63) is 35.4 Å². The van der Waals surface area contributed by atoms with E-state index in [1.54, 1.807) is 6.07 Å². The van der Waals surface area contributed by atoms with Gasteiger partial charge in [-0.15, -0.1) is 0 Å². The smallest absolute Gasteiger partial charge is 0.166 e. The molecule has 2 saturated carbocycles. The Morgan fingerprint density at radius 3 is 2.81 bits per heavy atom. The number of alkyl halides is 1. The Hall–Kier alpha value is -0.790. The molecule has 5 aliphatic rings. The van der Waals surface area contributed by atoms with Gasteiger partial charge in [0, 0.05) is 18.2 Å². The minimum atomic E-state index is -0.780. The maximum absolute atomic E-state index is 12.1. The van der Waals surface area contributed by atoms with E-state index in [4.69, 9.17) is 4.74 Å². The Bertz CT molecular complexity index is 807. The third kappa shape index (κ3) is 2.22. The van der Waals surface area contributed by atoms with E-state index < -0.39 is 11.0 Å². The van der Waals surface area contributed by atoms with Crippen LogP contribution in [-0.4, -0.2) is 50.9 Å². The number of halogens is 1. The molecule has 1 aromatic carbocycles. The largest absolute Gasteiger partial charge is 0.504 e. The molecule has 2 aliphatic heterocycles. The minimum absolute atomic E-state index is 0.157. The third-order valence-corrected chi connectivity index (χ3v) is 7.71. The molecule has 6 rings (SSSR count). The number of rotatable bonds is 2. The molecule has 4 atom stereocenters. The number of hydrogen-bond acceptors (Lipinski definition) is 4. The highest BCUT2D eigenvalue weighted by atomic mass is 127. The molecule has 3 fully saturated rings. The molecule has 1 unspecified atom stereocenters. The first kappa shape index (κ1) is 18.3.